The number of hydrogen-bond acceptors (Lipinski definition) is 4. The zero-order valence-electron chi connectivity index (χ0n) is 10.8. The van der Waals surface area contributed by atoms with Crippen molar-refractivity contribution in [2.75, 3.05) is 5.32 Å². The Labute approximate surface area is 119 Å². The number of carbonyl (C=O) groups is 2. The van der Waals surface area contributed by atoms with E-state index < -0.39 is 16.7 Å². The first kappa shape index (κ1) is 14.2. The lowest BCUT2D eigenvalue weighted by molar-refractivity contribution is -0.385. The summed E-state index contributed by atoms with van der Waals surface area (Å²) < 4.78 is 0. The van der Waals surface area contributed by atoms with Gasteiger partial charge in [-0.3, -0.25) is 19.7 Å². The first-order valence-electron chi connectivity index (χ1n) is 5.93. The Morgan fingerprint density at radius 3 is 2.24 bits per heavy atom. The first-order valence-corrected chi connectivity index (χ1v) is 5.93. The van der Waals surface area contributed by atoms with Crippen molar-refractivity contribution in [1.29, 1.82) is 0 Å². The third kappa shape index (κ3) is 3.21. The van der Waals surface area contributed by atoms with Crippen LogP contribution in [0.3, 0.4) is 0 Å². The van der Waals surface area contributed by atoms with Gasteiger partial charge in [-0.25, -0.2) is 0 Å². The maximum Gasteiger partial charge on any atom is 0.282 e. The number of nitrogens with zero attached hydrogens (tertiary/aromatic N) is 1. The molecule has 2 aromatic rings. The molecule has 0 bridgehead atoms. The molecule has 0 aliphatic heterocycles. The molecule has 106 valence electrons. The smallest absolute Gasteiger partial charge is 0.282 e. The normalized spacial score (nSPS) is 9.90. The molecular formula is C14H11N3O4. The number of benzene rings is 2. The number of carbonyl (C=O) groups excluding carboxylic acids is 2. The molecular weight excluding hydrogens is 274 g/mol. The fourth-order valence-corrected chi connectivity index (χ4v) is 1.74. The van der Waals surface area contributed by atoms with Crippen LogP contribution in [0, 0.1) is 10.1 Å². The molecule has 0 spiro atoms. The Kier molecular flexibility index (Phi) is 3.94. The number of rotatable bonds is 4. The standard InChI is InChI=1S/C14H11N3O4/c15-13(18)9-5-7-10(8-6-9)16-14(19)11-3-1-2-4-12(11)17(20)21/h1-8H,(H2,15,18)(H,16,19). The second-order valence-corrected chi connectivity index (χ2v) is 4.17. The minimum Gasteiger partial charge on any atom is -0.366 e. The summed E-state index contributed by atoms with van der Waals surface area (Å²) in [5.74, 6) is -1.18. The second-order valence-electron chi connectivity index (χ2n) is 4.17. The van der Waals surface area contributed by atoms with E-state index in [0.717, 1.165) is 0 Å². The minimum atomic E-state index is -0.620. The highest BCUT2D eigenvalue weighted by Crippen LogP contribution is 2.19. The Hall–Kier alpha value is -3.22. The summed E-state index contributed by atoms with van der Waals surface area (Å²) in [4.78, 5) is 33.2. The summed E-state index contributed by atoms with van der Waals surface area (Å²) >= 11 is 0. The van der Waals surface area contributed by atoms with Crippen molar-refractivity contribution in [3.63, 3.8) is 0 Å². The summed E-state index contributed by atoms with van der Waals surface area (Å²) in [5, 5.41) is 13.4. The van der Waals surface area contributed by atoms with Crippen molar-refractivity contribution >= 4 is 23.2 Å². The van der Waals surface area contributed by atoms with Crippen molar-refractivity contribution < 1.29 is 14.5 Å². The van der Waals surface area contributed by atoms with Gasteiger partial charge in [-0.2, -0.15) is 0 Å². The van der Waals surface area contributed by atoms with Crippen LogP contribution in [-0.2, 0) is 0 Å². The van der Waals surface area contributed by atoms with Crippen LogP contribution >= 0.6 is 0 Å². The van der Waals surface area contributed by atoms with Crippen LogP contribution in [0.1, 0.15) is 20.7 Å². The maximum atomic E-state index is 12.1. The molecule has 2 rings (SSSR count). The lowest BCUT2D eigenvalue weighted by Gasteiger charge is -2.06. The van der Waals surface area contributed by atoms with Gasteiger partial charge in [0.25, 0.3) is 11.6 Å². The summed E-state index contributed by atoms with van der Waals surface area (Å²) in [6.45, 7) is 0. The lowest BCUT2D eigenvalue weighted by atomic mass is 10.1. The van der Waals surface area contributed by atoms with E-state index in [9.17, 15) is 19.7 Å². The van der Waals surface area contributed by atoms with E-state index in [2.05, 4.69) is 5.32 Å². The molecule has 0 fully saturated rings. The van der Waals surface area contributed by atoms with Gasteiger partial charge in [0.15, 0.2) is 0 Å². The highest BCUT2D eigenvalue weighted by Gasteiger charge is 2.19. The number of primary amides is 1. The van der Waals surface area contributed by atoms with Crippen molar-refractivity contribution in [2.45, 2.75) is 0 Å². The van der Waals surface area contributed by atoms with Crippen molar-refractivity contribution in [3.05, 3.63) is 69.8 Å². The molecule has 0 unspecified atom stereocenters. The Balaban J connectivity index is 2.22. The number of nitrogens with one attached hydrogen (secondary N) is 1. The second kappa shape index (κ2) is 5.83. The fourth-order valence-electron chi connectivity index (χ4n) is 1.74. The molecule has 0 atom stereocenters. The molecule has 21 heavy (non-hydrogen) atoms. The van der Waals surface area contributed by atoms with E-state index in [1.54, 1.807) is 0 Å². The van der Waals surface area contributed by atoms with E-state index in [0.29, 0.717) is 11.3 Å². The molecule has 7 nitrogen and oxygen atoms in total. The Morgan fingerprint density at radius 1 is 1.05 bits per heavy atom. The number of nitrogens with two attached hydrogens (primary N) is 1. The molecule has 0 aromatic heterocycles. The van der Waals surface area contributed by atoms with Crippen LogP contribution in [0.15, 0.2) is 48.5 Å². The number of hydrogen-bond donors (Lipinski definition) is 2. The van der Waals surface area contributed by atoms with E-state index >= 15 is 0 Å². The minimum absolute atomic E-state index is 0.0403. The van der Waals surface area contributed by atoms with Gasteiger partial charge in [-0.15, -0.1) is 0 Å². The van der Waals surface area contributed by atoms with Crippen LogP contribution < -0.4 is 11.1 Å². The molecule has 0 aliphatic rings. The number of anilines is 1. The van der Waals surface area contributed by atoms with E-state index in [1.807, 2.05) is 0 Å². The molecule has 0 saturated heterocycles. The highest BCUT2D eigenvalue weighted by atomic mass is 16.6. The average molecular weight is 285 g/mol. The SMILES string of the molecule is NC(=O)c1ccc(NC(=O)c2ccccc2[N+](=O)[O-])cc1. The van der Waals surface area contributed by atoms with Gasteiger partial charge in [-0.1, -0.05) is 12.1 Å². The fraction of sp³-hybridized carbons (Fsp3) is 0. The van der Waals surface area contributed by atoms with Crippen LogP contribution in [0.5, 0.6) is 0 Å². The monoisotopic (exact) mass is 285 g/mol. The average Bonchev–Trinajstić information content (AvgIpc) is 2.47. The first-order chi connectivity index (χ1) is 9.99. The summed E-state index contributed by atoms with van der Waals surface area (Å²) in [6.07, 6.45) is 0. The zero-order chi connectivity index (χ0) is 15.4. The van der Waals surface area contributed by atoms with E-state index in [4.69, 9.17) is 5.73 Å². The molecule has 3 N–H and O–H groups in total. The molecule has 0 heterocycles. The molecule has 2 aromatic carbocycles. The van der Waals surface area contributed by atoms with E-state index in [1.165, 1.54) is 48.5 Å². The van der Waals surface area contributed by atoms with Crippen LogP contribution in [0.25, 0.3) is 0 Å². The van der Waals surface area contributed by atoms with Crippen LogP contribution in [0.4, 0.5) is 11.4 Å². The van der Waals surface area contributed by atoms with Crippen LogP contribution in [0.2, 0.25) is 0 Å². The van der Waals surface area contributed by atoms with Gasteiger partial charge in [0.1, 0.15) is 5.56 Å². The quantitative estimate of drug-likeness (QED) is 0.659. The van der Waals surface area contributed by atoms with Gasteiger partial charge >= 0.3 is 0 Å². The topological polar surface area (TPSA) is 115 Å². The van der Waals surface area contributed by atoms with Gasteiger partial charge < -0.3 is 11.1 Å². The molecule has 7 heteroatoms. The molecule has 0 saturated carbocycles. The van der Waals surface area contributed by atoms with Crippen molar-refractivity contribution in [3.8, 4) is 0 Å². The summed E-state index contributed by atoms with van der Waals surface area (Å²) in [7, 11) is 0. The Morgan fingerprint density at radius 2 is 1.67 bits per heavy atom. The maximum absolute atomic E-state index is 12.1. The predicted octanol–water partition coefficient (Wildman–Crippen LogP) is 1.95. The third-order valence-electron chi connectivity index (χ3n) is 2.77. The lowest BCUT2D eigenvalue weighted by Crippen LogP contribution is -2.14. The molecule has 0 aliphatic carbocycles. The molecule has 2 amide bonds. The highest BCUT2D eigenvalue weighted by molar-refractivity contribution is 6.07. The Bertz CT molecular complexity index is 710. The summed E-state index contributed by atoms with van der Waals surface area (Å²) in [5.41, 5.74) is 5.50. The number of nitro groups is 1. The largest absolute Gasteiger partial charge is 0.366 e. The van der Waals surface area contributed by atoms with Crippen molar-refractivity contribution in [1.82, 2.24) is 0 Å². The van der Waals surface area contributed by atoms with E-state index in [-0.39, 0.29) is 11.3 Å². The van der Waals surface area contributed by atoms with Gasteiger partial charge in [0, 0.05) is 17.3 Å². The molecule has 0 radical (unpaired) electrons. The third-order valence-corrected chi connectivity index (χ3v) is 2.77. The zero-order valence-corrected chi connectivity index (χ0v) is 10.8. The number of amides is 2. The van der Waals surface area contributed by atoms with Gasteiger partial charge in [0.05, 0.1) is 4.92 Å². The number of para-hydroxylation sites is 1. The van der Waals surface area contributed by atoms with Gasteiger partial charge in [0.2, 0.25) is 5.91 Å². The van der Waals surface area contributed by atoms with Crippen molar-refractivity contribution in [2.24, 2.45) is 5.73 Å². The summed E-state index contributed by atoms with van der Waals surface area (Å²) in [6, 6.07) is 11.5. The van der Waals surface area contributed by atoms with Crippen LogP contribution in [-0.4, -0.2) is 16.7 Å². The van der Waals surface area contributed by atoms with Gasteiger partial charge in [-0.05, 0) is 30.3 Å². The number of nitro benzene ring substituents is 1. The predicted molar refractivity (Wildman–Crippen MR) is 76.0 cm³/mol.